The number of benzene rings is 3. The highest BCUT2D eigenvalue weighted by Gasteiger charge is 2.39. The Kier molecular flexibility index (Phi) is 6.52. The lowest BCUT2D eigenvalue weighted by Crippen LogP contribution is -2.27. The van der Waals surface area contributed by atoms with Gasteiger partial charge in [-0.3, -0.25) is 0 Å². The Morgan fingerprint density at radius 3 is 2.21 bits per heavy atom. The highest BCUT2D eigenvalue weighted by Crippen LogP contribution is 2.42. The van der Waals surface area contributed by atoms with E-state index in [-0.39, 0.29) is 4.90 Å². The van der Waals surface area contributed by atoms with Crippen molar-refractivity contribution in [3.8, 4) is 11.5 Å². The van der Waals surface area contributed by atoms with Crippen LogP contribution in [0, 0.1) is 6.92 Å². The second-order valence-corrected chi connectivity index (χ2v) is 10.2. The third-order valence-electron chi connectivity index (χ3n) is 5.95. The third kappa shape index (κ3) is 4.46. The van der Waals surface area contributed by atoms with Gasteiger partial charge in [-0.05, 0) is 48.9 Å². The molecular weight excluding hydrogens is 450 g/mol. The minimum Gasteiger partial charge on any atom is -0.497 e. The van der Waals surface area contributed by atoms with Crippen LogP contribution in [0.5, 0.6) is 11.5 Å². The van der Waals surface area contributed by atoms with E-state index in [0.717, 1.165) is 22.4 Å². The third-order valence-corrected chi connectivity index (χ3v) is 7.65. The molecular formula is C26H29N3O4S. The lowest BCUT2D eigenvalue weighted by Gasteiger charge is -2.25. The molecule has 0 aliphatic carbocycles. The molecule has 0 saturated heterocycles. The molecule has 1 aliphatic heterocycles. The van der Waals surface area contributed by atoms with Gasteiger partial charge in [-0.25, -0.2) is 0 Å². The van der Waals surface area contributed by atoms with Crippen LogP contribution in [0.15, 0.2) is 76.7 Å². The summed E-state index contributed by atoms with van der Waals surface area (Å²) in [6.45, 7) is 1.92. The van der Waals surface area contributed by atoms with Gasteiger partial charge in [0.15, 0.2) is 0 Å². The van der Waals surface area contributed by atoms with E-state index in [4.69, 9.17) is 9.47 Å². The summed E-state index contributed by atoms with van der Waals surface area (Å²) in [7, 11) is 3.19. The van der Waals surface area contributed by atoms with Crippen molar-refractivity contribution < 1.29 is 17.9 Å². The van der Waals surface area contributed by atoms with Crippen molar-refractivity contribution in [2.45, 2.75) is 24.3 Å². The predicted octanol–water partition coefficient (Wildman–Crippen LogP) is 4.62. The average Bonchev–Trinajstić information content (AvgIpc) is 3.30. The minimum absolute atomic E-state index is 0.198. The van der Waals surface area contributed by atoms with Crippen LogP contribution in [-0.4, -0.2) is 46.9 Å². The minimum atomic E-state index is -3.91. The number of hydrogen-bond donors (Lipinski definition) is 0. The van der Waals surface area contributed by atoms with Crippen molar-refractivity contribution in [3.05, 3.63) is 83.4 Å². The first-order valence-electron chi connectivity index (χ1n) is 10.9. The molecule has 3 aromatic rings. The molecule has 0 fully saturated rings. The summed E-state index contributed by atoms with van der Waals surface area (Å²) in [4.78, 5) is 2.21. The first-order chi connectivity index (χ1) is 16.2. The lowest BCUT2D eigenvalue weighted by molar-refractivity contribution is 0.347. The van der Waals surface area contributed by atoms with Crippen molar-refractivity contribution in [3.63, 3.8) is 0 Å². The number of ether oxygens (including phenoxy) is 2. The molecule has 0 unspecified atom stereocenters. The summed E-state index contributed by atoms with van der Waals surface area (Å²) < 4.78 is 39.6. The van der Waals surface area contributed by atoms with E-state index >= 15 is 0 Å². The SMILES string of the molecule is COc1ccc([C@@H]2CC(c3ccc(N(C)C)cc3)=NN2S(=O)(=O)c2ccc(C)cc2)c(OC)c1. The number of rotatable bonds is 7. The maximum Gasteiger partial charge on any atom is 0.279 e. The second-order valence-electron chi connectivity index (χ2n) is 8.41. The number of nitrogens with zero attached hydrogens (tertiary/aromatic N) is 3. The van der Waals surface area contributed by atoms with Gasteiger partial charge in [0.2, 0.25) is 0 Å². The van der Waals surface area contributed by atoms with Gasteiger partial charge >= 0.3 is 0 Å². The van der Waals surface area contributed by atoms with Crippen LogP contribution in [-0.2, 0) is 10.0 Å². The molecule has 8 heteroatoms. The lowest BCUT2D eigenvalue weighted by atomic mass is 9.98. The molecule has 0 radical (unpaired) electrons. The van der Waals surface area contributed by atoms with E-state index in [0.29, 0.717) is 23.6 Å². The van der Waals surface area contributed by atoms with Gasteiger partial charge in [0.1, 0.15) is 11.5 Å². The Labute approximate surface area is 201 Å². The molecule has 0 N–H and O–H groups in total. The van der Waals surface area contributed by atoms with E-state index in [2.05, 4.69) is 5.10 Å². The standard InChI is InChI=1S/C26H29N3O4S/c1-18-6-13-22(14-7-18)34(30,31)29-25(23-15-12-21(32-4)16-26(23)33-5)17-24(27-29)19-8-10-20(11-9-19)28(2)3/h6-16,25H,17H2,1-5H3/t25-/m0/s1. The van der Waals surface area contributed by atoms with Gasteiger partial charge in [0, 0.05) is 37.8 Å². The number of methoxy groups -OCH3 is 2. The van der Waals surface area contributed by atoms with Gasteiger partial charge in [0.25, 0.3) is 10.0 Å². The predicted molar refractivity (Wildman–Crippen MR) is 134 cm³/mol. The van der Waals surface area contributed by atoms with Gasteiger partial charge < -0.3 is 14.4 Å². The quantitative estimate of drug-likeness (QED) is 0.495. The molecule has 3 aromatic carbocycles. The first kappa shape index (κ1) is 23.6. The summed E-state index contributed by atoms with van der Waals surface area (Å²) >= 11 is 0. The molecule has 1 heterocycles. The highest BCUT2D eigenvalue weighted by atomic mass is 32.2. The van der Waals surface area contributed by atoms with Crippen LogP contribution in [0.25, 0.3) is 0 Å². The number of sulfonamides is 1. The summed E-state index contributed by atoms with van der Waals surface area (Å²) in [5, 5.41) is 4.64. The van der Waals surface area contributed by atoms with E-state index in [9.17, 15) is 8.42 Å². The molecule has 4 rings (SSSR count). The number of aryl methyl sites for hydroxylation is 1. The Hall–Kier alpha value is -3.52. The molecule has 34 heavy (non-hydrogen) atoms. The molecule has 7 nitrogen and oxygen atoms in total. The van der Waals surface area contributed by atoms with Crippen molar-refractivity contribution in [2.24, 2.45) is 5.10 Å². The Morgan fingerprint density at radius 2 is 1.62 bits per heavy atom. The molecule has 1 atom stereocenters. The highest BCUT2D eigenvalue weighted by molar-refractivity contribution is 7.89. The Balaban J connectivity index is 1.81. The van der Waals surface area contributed by atoms with Crippen LogP contribution in [0.2, 0.25) is 0 Å². The van der Waals surface area contributed by atoms with Gasteiger partial charge in [-0.2, -0.15) is 17.9 Å². The van der Waals surface area contributed by atoms with Crippen molar-refractivity contribution in [1.82, 2.24) is 4.41 Å². The topological polar surface area (TPSA) is 71.4 Å². The van der Waals surface area contributed by atoms with Crippen LogP contribution >= 0.6 is 0 Å². The monoisotopic (exact) mass is 479 g/mol. The second kappa shape index (κ2) is 9.38. The molecule has 0 bridgehead atoms. The molecule has 0 saturated carbocycles. The first-order valence-corrected chi connectivity index (χ1v) is 12.4. The van der Waals surface area contributed by atoms with E-state index < -0.39 is 16.1 Å². The zero-order chi connectivity index (χ0) is 24.5. The fourth-order valence-electron chi connectivity index (χ4n) is 3.98. The largest absolute Gasteiger partial charge is 0.497 e. The van der Waals surface area contributed by atoms with Crippen LogP contribution in [0.3, 0.4) is 0 Å². The van der Waals surface area contributed by atoms with E-state index in [1.165, 1.54) is 4.41 Å². The number of hydrogen-bond acceptors (Lipinski definition) is 6. The molecule has 0 aromatic heterocycles. The normalized spacial score (nSPS) is 15.7. The van der Waals surface area contributed by atoms with Crippen molar-refractivity contribution in [1.29, 1.82) is 0 Å². The van der Waals surface area contributed by atoms with Crippen molar-refractivity contribution in [2.75, 3.05) is 33.2 Å². The molecule has 0 amide bonds. The van der Waals surface area contributed by atoms with Crippen LogP contribution in [0.4, 0.5) is 5.69 Å². The zero-order valence-electron chi connectivity index (χ0n) is 20.0. The van der Waals surface area contributed by atoms with Gasteiger partial charge in [0.05, 0.1) is 30.9 Å². The van der Waals surface area contributed by atoms with Gasteiger partial charge in [-0.15, -0.1) is 0 Å². The average molecular weight is 480 g/mol. The molecule has 0 spiro atoms. The zero-order valence-corrected chi connectivity index (χ0v) is 20.8. The number of anilines is 1. The van der Waals surface area contributed by atoms with Crippen LogP contribution in [0.1, 0.15) is 29.2 Å². The maximum absolute atomic E-state index is 13.7. The van der Waals surface area contributed by atoms with Gasteiger partial charge in [-0.1, -0.05) is 29.8 Å². The molecule has 1 aliphatic rings. The maximum atomic E-state index is 13.7. The Bertz CT molecular complexity index is 1300. The summed E-state index contributed by atoms with van der Waals surface area (Å²) in [5.41, 5.74) is 4.34. The number of hydrazone groups is 1. The summed E-state index contributed by atoms with van der Waals surface area (Å²) in [6.07, 6.45) is 0.412. The molecule has 178 valence electrons. The van der Waals surface area contributed by atoms with Crippen LogP contribution < -0.4 is 14.4 Å². The fourth-order valence-corrected chi connectivity index (χ4v) is 5.41. The van der Waals surface area contributed by atoms with Crippen molar-refractivity contribution >= 4 is 21.4 Å². The summed E-state index contributed by atoms with van der Waals surface area (Å²) in [6, 6.07) is 19.6. The fraction of sp³-hybridized carbons (Fsp3) is 0.269. The van der Waals surface area contributed by atoms with E-state index in [1.807, 2.05) is 56.3 Å². The smallest absolute Gasteiger partial charge is 0.279 e. The summed E-state index contributed by atoms with van der Waals surface area (Å²) in [5.74, 6) is 1.18. The van der Waals surface area contributed by atoms with E-state index in [1.54, 1.807) is 50.6 Å². The Morgan fingerprint density at radius 1 is 0.941 bits per heavy atom.